The largest absolute Gasteiger partial charge is 0.484 e. The van der Waals surface area contributed by atoms with E-state index in [9.17, 15) is 0 Å². The van der Waals surface area contributed by atoms with Gasteiger partial charge in [-0.2, -0.15) is 0 Å². The summed E-state index contributed by atoms with van der Waals surface area (Å²) in [5.41, 5.74) is 0.907. The Labute approximate surface area is 134 Å². The molecule has 0 radical (unpaired) electrons. The highest BCUT2D eigenvalue weighted by Gasteiger charge is 2.16. The molecule has 0 aliphatic carbocycles. The van der Waals surface area contributed by atoms with Crippen LogP contribution in [-0.2, 0) is 0 Å². The van der Waals surface area contributed by atoms with Gasteiger partial charge in [0.25, 0.3) is 0 Å². The molecule has 0 fully saturated rings. The van der Waals surface area contributed by atoms with Gasteiger partial charge in [0.05, 0.1) is 10.9 Å². The molecule has 114 valence electrons. The lowest BCUT2D eigenvalue weighted by molar-refractivity contribution is 0.200. The fraction of sp³-hybridized carbons (Fsp3) is 0.294. The van der Waals surface area contributed by atoms with E-state index in [0.29, 0.717) is 0 Å². The SMILES string of the molecule is CCNCC[C@@H](Oc1cccc2ncncc12)c1cccs1. The Hall–Kier alpha value is -1.98. The van der Waals surface area contributed by atoms with Crippen LogP contribution in [0.15, 0.2) is 48.2 Å². The third kappa shape index (κ3) is 3.43. The first-order valence-corrected chi connectivity index (χ1v) is 8.36. The Morgan fingerprint density at radius 3 is 3.05 bits per heavy atom. The summed E-state index contributed by atoms with van der Waals surface area (Å²) < 4.78 is 6.31. The molecule has 1 atom stereocenters. The number of hydrogen-bond donors (Lipinski definition) is 1. The molecule has 4 nitrogen and oxygen atoms in total. The Morgan fingerprint density at radius 1 is 1.27 bits per heavy atom. The first-order valence-electron chi connectivity index (χ1n) is 7.48. The number of hydrogen-bond acceptors (Lipinski definition) is 5. The fourth-order valence-corrected chi connectivity index (χ4v) is 3.17. The van der Waals surface area contributed by atoms with Crippen molar-refractivity contribution in [3.8, 4) is 5.75 Å². The topological polar surface area (TPSA) is 47.0 Å². The van der Waals surface area contributed by atoms with Crippen LogP contribution in [0.4, 0.5) is 0 Å². The zero-order chi connectivity index (χ0) is 15.2. The van der Waals surface area contributed by atoms with Gasteiger partial charge in [0.15, 0.2) is 0 Å². The van der Waals surface area contributed by atoms with Gasteiger partial charge in [0.1, 0.15) is 18.2 Å². The summed E-state index contributed by atoms with van der Waals surface area (Å²) in [6.45, 7) is 4.02. The van der Waals surface area contributed by atoms with Gasteiger partial charge in [-0.3, -0.25) is 0 Å². The highest BCUT2D eigenvalue weighted by molar-refractivity contribution is 7.10. The van der Waals surface area contributed by atoms with Crippen LogP contribution in [0, 0.1) is 0 Å². The Bertz CT molecular complexity index is 710. The predicted molar refractivity (Wildman–Crippen MR) is 90.4 cm³/mol. The number of fused-ring (bicyclic) bond motifs is 1. The average molecular weight is 313 g/mol. The van der Waals surface area contributed by atoms with E-state index in [-0.39, 0.29) is 6.10 Å². The van der Waals surface area contributed by atoms with Gasteiger partial charge in [-0.25, -0.2) is 9.97 Å². The van der Waals surface area contributed by atoms with Crippen LogP contribution in [0.1, 0.15) is 24.3 Å². The molecule has 0 unspecified atom stereocenters. The van der Waals surface area contributed by atoms with Gasteiger partial charge in [0, 0.05) is 17.5 Å². The van der Waals surface area contributed by atoms with Crippen LogP contribution in [0.2, 0.25) is 0 Å². The van der Waals surface area contributed by atoms with E-state index in [1.165, 1.54) is 4.88 Å². The van der Waals surface area contributed by atoms with Crippen molar-refractivity contribution in [2.24, 2.45) is 0 Å². The Kier molecular flexibility index (Phi) is 4.98. The second-order valence-electron chi connectivity index (χ2n) is 4.98. The lowest BCUT2D eigenvalue weighted by Gasteiger charge is -2.19. The van der Waals surface area contributed by atoms with Crippen molar-refractivity contribution in [2.75, 3.05) is 13.1 Å². The fourth-order valence-electron chi connectivity index (χ4n) is 2.38. The minimum absolute atomic E-state index is 0.0462. The van der Waals surface area contributed by atoms with Crippen molar-refractivity contribution in [3.05, 3.63) is 53.1 Å². The molecule has 0 aliphatic rings. The highest BCUT2D eigenvalue weighted by Crippen LogP contribution is 2.31. The second-order valence-corrected chi connectivity index (χ2v) is 5.96. The minimum atomic E-state index is 0.0462. The van der Waals surface area contributed by atoms with E-state index >= 15 is 0 Å². The smallest absolute Gasteiger partial charge is 0.134 e. The quantitative estimate of drug-likeness (QED) is 0.674. The molecule has 22 heavy (non-hydrogen) atoms. The van der Waals surface area contributed by atoms with E-state index in [4.69, 9.17) is 4.74 Å². The average Bonchev–Trinajstić information content (AvgIpc) is 3.09. The molecular weight excluding hydrogens is 294 g/mol. The van der Waals surface area contributed by atoms with Crippen molar-refractivity contribution in [3.63, 3.8) is 0 Å². The number of rotatable bonds is 7. The van der Waals surface area contributed by atoms with Crippen molar-refractivity contribution in [1.82, 2.24) is 15.3 Å². The Balaban J connectivity index is 1.85. The molecular formula is C17H19N3OS. The summed E-state index contributed by atoms with van der Waals surface area (Å²) in [7, 11) is 0. The number of nitrogens with zero attached hydrogens (tertiary/aromatic N) is 2. The third-order valence-electron chi connectivity index (χ3n) is 3.47. The van der Waals surface area contributed by atoms with E-state index in [1.54, 1.807) is 17.7 Å². The summed E-state index contributed by atoms with van der Waals surface area (Å²) >= 11 is 1.73. The summed E-state index contributed by atoms with van der Waals surface area (Å²) in [5.74, 6) is 0.841. The van der Waals surface area contributed by atoms with Gasteiger partial charge in [0.2, 0.25) is 0 Å². The maximum atomic E-state index is 6.31. The monoisotopic (exact) mass is 313 g/mol. The molecule has 1 aromatic carbocycles. The van der Waals surface area contributed by atoms with Crippen LogP contribution < -0.4 is 10.1 Å². The standard InChI is InChI=1S/C17H19N3OS/c1-2-18-9-8-16(17-7-4-10-22-17)21-15-6-3-5-14-13(15)11-19-12-20-14/h3-7,10-12,16,18H,2,8-9H2,1H3/t16-/m1/s1. The molecule has 2 aromatic heterocycles. The molecule has 0 spiro atoms. The van der Waals surface area contributed by atoms with Crippen LogP contribution in [0.5, 0.6) is 5.75 Å². The molecule has 0 saturated heterocycles. The zero-order valence-corrected chi connectivity index (χ0v) is 13.3. The number of benzene rings is 1. The molecule has 3 aromatic rings. The number of ether oxygens (including phenoxy) is 1. The van der Waals surface area contributed by atoms with E-state index in [1.807, 2.05) is 24.4 Å². The van der Waals surface area contributed by atoms with Gasteiger partial charge >= 0.3 is 0 Å². The Morgan fingerprint density at radius 2 is 2.23 bits per heavy atom. The summed E-state index contributed by atoms with van der Waals surface area (Å²) in [4.78, 5) is 9.65. The molecule has 3 rings (SSSR count). The van der Waals surface area contributed by atoms with Crippen molar-refractivity contribution in [1.29, 1.82) is 0 Å². The predicted octanol–water partition coefficient (Wildman–Crippen LogP) is 3.81. The van der Waals surface area contributed by atoms with E-state index in [2.05, 4.69) is 39.7 Å². The highest BCUT2D eigenvalue weighted by atomic mass is 32.1. The van der Waals surface area contributed by atoms with Crippen molar-refractivity contribution in [2.45, 2.75) is 19.4 Å². The lowest BCUT2D eigenvalue weighted by Crippen LogP contribution is -2.19. The first kappa shape index (κ1) is 14.9. The summed E-state index contributed by atoms with van der Waals surface area (Å²) in [6.07, 6.45) is 4.35. The maximum Gasteiger partial charge on any atom is 0.134 e. The number of aromatic nitrogens is 2. The number of thiophene rings is 1. The van der Waals surface area contributed by atoms with E-state index < -0.39 is 0 Å². The van der Waals surface area contributed by atoms with Crippen LogP contribution >= 0.6 is 11.3 Å². The normalized spacial score (nSPS) is 12.4. The van der Waals surface area contributed by atoms with Gasteiger partial charge in [-0.1, -0.05) is 19.1 Å². The maximum absolute atomic E-state index is 6.31. The van der Waals surface area contributed by atoms with Crippen LogP contribution in [0.3, 0.4) is 0 Å². The summed E-state index contributed by atoms with van der Waals surface area (Å²) in [5, 5.41) is 6.41. The minimum Gasteiger partial charge on any atom is -0.484 e. The van der Waals surface area contributed by atoms with Crippen molar-refractivity contribution < 1.29 is 4.74 Å². The van der Waals surface area contributed by atoms with Gasteiger partial charge < -0.3 is 10.1 Å². The lowest BCUT2D eigenvalue weighted by atomic mass is 10.2. The van der Waals surface area contributed by atoms with Crippen LogP contribution in [0.25, 0.3) is 10.9 Å². The number of nitrogens with one attached hydrogen (secondary N) is 1. The molecule has 0 aliphatic heterocycles. The second kappa shape index (κ2) is 7.33. The summed E-state index contributed by atoms with van der Waals surface area (Å²) in [6, 6.07) is 10.1. The zero-order valence-electron chi connectivity index (χ0n) is 12.5. The van der Waals surface area contributed by atoms with Gasteiger partial charge in [-0.05, 0) is 36.7 Å². The molecule has 0 bridgehead atoms. The molecule has 5 heteroatoms. The first-order chi connectivity index (χ1) is 10.9. The molecule has 1 N–H and O–H groups in total. The third-order valence-corrected chi connectivity index (χ3v) is 4.44. The molecule has 0 saturated carbocycles. The molecule has 2 heterocycles. The van der Waals surface area contributed by atoms with Crippen molar-refractivity contribution >= 4 is 22.2 Å². The van der Waals surface area contributed by atoms with Gasteiger partial charge in [-0.15, -0.1) is 11.3 Å². The van der Waals surface area contributed by atoms with Crippen LogP contribution in [-0.4, -0.2) is 23.1 Å². The molecule has 0 amide bonds. The van der Waals surface area contributed by atoms with E-state index in [0.717, 1.165) is 36.2 Å².